The smallest absolute Gasteiger partial charge is 0.339 e. The molecule has 0 saturated heterocycles. The quantitative estimate of drug-likeness (QED) is 0.777. The molecule has 2 rings (SSSR count). The summed E-state index contributed by atoms with van der Waals surface area (Å²) in [6.45, 7) is 0. The molecule has 0 saturated carbocycles. The first kappa shape index (κ1) is 9.25. The lowest BCUT2D eigenvalue weighted by Gasteiger charge is -2.02. The number of halogens is 1. The Balaban J connectivity index is 2.61. The molecule has 6 nitrogen and oxygen atoms in total. The molecule has 0 bridgehead atoms. The normalized spacial score (nSPS) is 10.2. The van der Waals surface area contributed by atoms with Crippen molar-refractivity contribution in [2.75, 3.05) is 0 Å². The summed E-state index contributed by atoms with van der Waals surface area (Å²) < 4.78 is 12.8. The van der Waals surface area contributed by atoms with Crippen molar-refractivity contribution in [2.24, 2.45) is 0 Å². The first-order chi connectivity index (χ1) is 7.18. The summed E-state index contributed by atoms with van der Waals surface area (Å²) in [5.41, 5.74) is -0.286. The van der Waals surface area contributed by atoms with Crippen LogP contribution in [0.2, 0.25) is 0 Å². The van der Waals surface area contributed by atoms with E-state index in [1.807, 2.05) is 0 Å². The van der Waals surface area contributed by atoms with Crippen LogP contribution < -0.4 is 0 Å². The summed E-state index contributed by atoms with van der Waals surface area (Å²) in [6.07, 6.45) is 3.65. The van der Waals surface area contributed by atoms with Crippen molar-refractivity contribution in [3.8, 4) is 5.82 Å². The average molecular weight is 208 g/mol. The zero-order chi connectivity index (χ0) is 10.8. The van der Waals surface area contributed by atoms with Crippen molar-refractivity contribution in [1.82, 2.24) is 20.0 Å². The molecule has 0 aromatic carbocycles. The van der Waals surface area contributed by atoms with Crippen LogP contribution in [-0.4, -0.2) is 31.1 Å². The van der Waals surface area contributed by atoms with Gasteiger partial charge in [-0.3, -0.25) is 0 Å². The predicted molar refractivity (Wildman–Crippen MR) is 46.1 cm³/mol. The van der Waals surface area contributed by atoms with Gasteiger partial charge in [0.2, 0.25) is 0 Å². The maximum atomic E-state index is 12.8. The number of carboxylic acids is 1. The fourth-order valence-electron chi connectivity index (χ4n) is 1.07. The summed E-state index contributed by atoms with van der Waals surface area (Å²) in [6, 6.07) is 0.869. The molecule has 2 heterocycles. The van der Waals surface area contributed by atoms with Gasteiger partial charge in [-0.2, -0.15) is 10.2 Å². The van der Waals surface area contributed by atoms with Crippen LogP contribution in [0.5, 0.6) is 0 Å². The minimum atomic E-state index is -1.28. The van der Waals surface area contributed by atoms with Crippen LogP contribution in [0, 0.1) is 5.82 Å². The Bertz CT molecular complexity index is 497. The number of aromatic carboxylic acids is 1. The van der Waals surface area contributed by atoms with Crippen molar-refractivity contribution in [3.05, 3.63) is 36.0 Å². The largest absolute Gasteiger partial charge is 0.478 e. The molecule has 0 radical (unpaired) electrons. The summed E-state index contributed by atoms with van der Waals surface area (Å²) in [5.74, 6) is -2.02. The van der Waals surface area contributed by atoms with E-state index in [1.165, 1.54) is 12.4 Å². The van der Waals surface area contributed by atoms with Gasteiger partial charge in [-0.25, -0.2) is 14.2 Å². The monoisotopic (exact) mass is 208 g/mol. The van der Waals surface area contributed by atoms with Crippen molar-refractivity contribution >= 4 is 5.97 Å². The number of pyridine rings is 1. The highest BCUT2D eigenvalue weighted by Gasteiger charge is 2.15. The third-order valence-corrected chi connectivity index (χ3v) is 1.67. The second-order valence-corrected chi connectivity index (χ2v) is 2.65. The first-order valence-corrected chi connectivity index (χ1v) is 3.94. The molecule has 0 atom stereocenters. The maximum absolute atomic E-state index is 12.8. The minimum absolute atomic E-state index is 0.0195. The molecule has 0 aliphatic carbocycles. The molecule has 0 fully saturated rings. The first-order valence-electron chi connectivity index (χ1n) is 3.94. The van der Waals surface area contributed by atoms with Crippen LogP contribution in [-0.2, 0) is 0 Å². The molecule has 7 heteroatoms. The summed E-state index contributed by atoms with van der Waals surface area (Å²) in [7, 11) is 0. The average Bonchev–Trinajstić information content (AvgIpc) is 2.70. The van der Waals surface area contributed by atoms with Crippen molar-refractivity contribution < 1.29 is 14.3 Å². The van der Waals surface area contributed by atoms with Gasteiger partial charge >= 0.3 is 5.97 Å². The van der Waals surface area contributed by atoms with E-state index in [-0.39, 0.29) is 11.4 Å². The second-order valence-electron chi connectivity index (χ2n) is 2.65. The third-order valence-electron chi connectivity index (χ3n) is 1.67. The number of hydrogen-bond donors (Lipinski definition) is 1. The molecule has 0 aliphatic rings. The van der Waals surface area contributed by atoms with E-state index in [9.17, 15) is 9.18 Å². The molecule has 0 amide bonds. The molecular weight excluding hydrogens is 203 g/mol. The van der Waals surface area contributed by atoms with Crippen molar-refractivity contribution in [3.63, 3.8) is 0 Å². The van der Waals surface area contributed by atoms with Gasteiger partial charge in [0, 0.05) is 0 Å². The van der Waals surface area contributed by atoms with Crippen LogP contribution in [0.4, 0.5) is 4.39 Å². The van der Waals surface area contributed by atoms with E-state index in [1.54, 1.807) is 0 Å². The lowest BCUT2D eigenvalue weighted by Crippen LogP contribution is -2.10. The van der Waals surface area contributed by atoms with Gasteiger partial charge in [0.25, 0.3) is 0 Å². The molecule has 0 aliphatic heterocycles. The number of hydrogen-bond acceptors (Lipinski definition) is 4. The van der Waals surface area contributed by atoms with Crippen LogP contribution >= 0.6 is 0 Å². The minimum Gasteiger partial charge on any atom is -0.478 e. The van der Waals surface area contributed by atoms with Gasteiger partial charge in [0.05, 0.1) is 18.6 Å². The molecule has 2 aromatic rings. The molecule has 2 aromatic heterocycles. The summed E-state index contributed by atoms with van der Waals surface area (Å²) in [5, 5.41) is 16.2. The highest BCUT2D eigenvalue weighted by Crippen LogP contribution is 2.10. The second kappa shape index (κ2) is 3.45. The van der Waals surface area contributed by atoms with Crippen LogP contribution in [0.3, 0.4) is 0 Å². The zero-order valence-corrected chi connectivity index (χ0v) is 7.33. The van der Waals surface area contributed by atoms with Crippen molar-refractivity contribution in [2.45, 2.75) is 0 Å². The van der Waals surface area contributed by atoms with E-state index in [4.69, 9.17) is 5.11 Å². The van der Waals surface area contributed by atoms with Gasteiger partial charge in [0.1, 0.15) is 11.4 Å². The van der Waals surface area contributed by atoms with Gasteiger partial charge in [-0.1, -0.05) is 0 Å². The van der Waals surface area contributed by atoms with E-state index in [0.29, 0.717) is 0 Å². The van der Waals surface area contributed by atoms with Crippen LogP contribution in [0.25, 0.3) is 5.82 Å². The fourth-order valence-corrected chi connectivity index (χ4v) is 1.07. The Morgan fingerprint density at radius 1 is 1.40 bits per heavy atom. The highest BCUT2D eigenvalue weighted by atomic mass is 19.1. The predicted octanol–water partition coefficient (Wildman–Crippen LogP) is 0.500. The topological polar surface area (TPSA) is 80.9 Å². The SMILES string of the molecule is O=C(O)c1cc(F)cnc1-n1nccn1. The number of carboxylic acid groups (broad SMARTS) is 1. The Morgan fingerprint density at radius 3 is 2.67 bits per heavy atom. The number of carbonyl (C=O) groups is 1. The third kappa shape index (κ3) is 1.66. The molecule has 15 heavy (non-hydrogen) atoms. The number of nitrogens with zero attached hydrogens (tertiary/aromatic N) is 4. The standard InChI is InChI=1S/C8H5FN4O2/c9-5-3-6(8(14)15)7(10-4-5)13-11-1-2-12-13/h1-4H,(H,14,15). The van der Waals surface area contributed by atoms with Gasteiger partial charge < -0.3 is 5.11 Å². The van der Waals surface area contributed by atoms with E-state index >= 15 is 0 Å². The van der Waals surface area contributed by atoms with E-state index in [2.05, 4.69) is 15.2 Å². The molecular formula is C8H5FN4O2. The molecule has 0 unspecified atom stereocenters. The Labute approximate surface area is 83.0 Å². The van der Waals surface area contributed by atoms with Crippen LogP contribution in [0.15, 0.2) is 24.7 Å². The lowest BCUT2D eigenvalue weighted by molar-refractivity contribution is 0.0695. The molecule has 76 valence electrons. The summed E-state index contributed by atoms with van der Waals surface area (Å²) >= 11 is 0. The van der Waals surface area contributed by atoms with E-state index in [0.717, 1.165) is 17.1 Å². The maximum Gasteiger partial charge on any atom is 0.339 e. The lowest BCUT2D eigenvalue weighted by atomic mass is 10.2. The van der Waals surface area contributed by atoms with Gasteiger partial charge in [-0.05, 0) is 6.07 Å². The van der Waals surface area contributed by atoms with Gasteiger partial charge in [0.15, 0.2) is 5.82 Å². The van der Waals surface area contributed by atoms with Crippen molar-refractivity contribution in [1.29, 1.82) is 0 Å². The fraction of sp³-hybridized carbons (Fsp3) is 0. The zero-order valence-electron chi connectivity index (χ0n) is 7.33. The Kier molecular flexibility index (Phi) is 2.13. The number of aromatic nitrogens is 4. The van der Waals surface area contributed by atoms with Crippen LogP contribution in [0.1, 0.15) is 10.4 Å². The van der Waals surface area contributed by atoms with E-state index < -0.39 is 11.8 Å². The van der Waals surface area contributed by atoms with Gasteiger partial charge in [-0.15, -0.1) is 4.80 Å². The molecule has 1 N–H and O–H groups in total. The Hall–Kier alpha value is -2.31. The molecule has 0 spiro atoms. The number of rotatable bonds is 2. The highest BCUT2D eigenvalue weighted by molar-refractivity contribution is 5.90. The summed E-state index contributed by atoms with van der Waals surface area (Å²) in [4.78, 5) is 15.4. The Morgan fingerprint density at radius 2 is 2.07 bits per heavy atom.